The number of hydrogen-bond acceptors (Lipinski definition) is 2. The molecule has 14 heavy (non-hydrogen) atoms. The van der Waals surface area contributed by atoms with Crippen molar-refractivity contribution in [2.45, 2.75) is 6.85 Å². The molecule has 1 aromatic heterocycles. The van der Waals surface area contributed by atoms with Gasteiger partial charge in [0.2, 0.25) is 0 Å². The van der Waals surface area contributed by atoms with Gasteiger partial charge in [0.15, 0.2) is 0 Å². The molecule has 0 spiro atoms. The Labute approximate surface area is 98.2 Å². The first-order chi connectivity index (χ1) is 8.79. The summed E-state index contributed by atoms with van der Waals surface area (Å²) in [5.74, 6) is 0. The molecule has 0 aliphatic carbocycles. The molecule has 2 aromatic rings. The van der Waals surface area contributed by atoms with Crippen molar-refractivity contribution >= 4 is 15.9 Å². The second-order valence-corrected chi connectivity index (χ2v) is 3.57. The third-order valence-corrected chi connectivity index (χ3v) is 2.19. The van der Waals surface area contributed by atoms with E-state index in [4.69, 9.17) is 6.85 Å². The van der Waals surface area contributed by atoms with Gasteiger partial charge in [-0.3, -0.25) is 4.98 Å². The maximum Gasteiger partial charge on any atom is 0.0888 e. The maximum absolute atomic E-state index is 7.71. The normalized spacial score (nSPS) is 16.2. The van der Waals surface area contributed by atoms with Crippen molar-refractivity contribution in [1.29, 1.82) is 0 Å². The van der Waals surface area contributed by atoms with Crippen LogP contribution in [0.3, 0.4) is 0 Å². The van der Waals surface area contributed by atoms with Gasteiger partial charge in [-0.05, 0) is 19.0 Å². The first kappa shape index (κ1) is 5.03. The zero-order valence-electron chi connectivity index (χ0n) is 12.1. The summed E-state index contributed by atoms with van der Waals surface area (Å²) in [5.41, 5.74) is 0.363. The predicted octanol–water partition coefficient (Wildman–Crippen LogP) is 3.21. The van der Waals surface area contributed by atoms with Gasteiger partial charge in [0.05, 0.1) is 20.3 Å². The van der Waals surface area contributed by atoms with E-state index in [9.17, 15) is 0 Å². The van der Waals surface area contributed by atoms with Crippen LogP contribution in [-0.2, 0) is 0 Å². The van der Waals surface area contributed by atoms with Gasteiger partial charge < -0.3 is 0 Å². The molecule has 1 heterocycles. The van der Waals surface area contributed by atoms with Crippen LogP contribution in [-0.4, -0.2) is 9.97 Å². The fourth-order valence-electron chi connectivity index (χ4n) is 1.03. The summed E-state index contributed by atoms with van der Waals surface area (Å²) in [6.07, 6.45) is -0.689. The summed E-state index contributed by atoms with van der Waals surface area (Å²) in [6.45, 7) is -2.51. The average Bonchev–Trinajstić information content (AvgIpc) is 2.29. The van der Waals surface area contributed by atoms with E-state index in [0.717, 1.165) is 4.47 Å². The maximum atomic E-state index is 7.71. The van der Waals surface area contributed by atoms with E-state index in [1.807, 2.05) is 0 Å². The largest absolute Gasteiger partial charge is 0.261 e. The Balaban J connectivity index is 2.61. The van der Waals surface area contributed by atoms with Gasteiger partial charge in [-0.2, -0.15) is 0 Å². The number of hydrogen-bond donors (Lipinski definition) is 0. The number of aromatic nitrogens is 2. The minimum absolute atomic E-state index is 0.162. The second kappa shape index (κ2) is 3.88. The van der Waals surface area contributed by atoms with Gasteiger partial charge in [-0.15, -0.1) is 0 Å². The highest BCUT2D eigenvalue weighted by molar-refractivity contribution is 9.10. The topological polar surface area (TPSA) is 25.8 Å². The molecule has 0 saturated carbocycles. The molecule has 0 bridgehead atoms. The highest BCUT2D eigenvalue weighted by Crippen LogP contribution is 2.19. The number of halogens is 1. The quantitative estimate of drug-likeness (QED) is 0.780. The van der Waals surface area contributed by atoms with Crippen LogP contribution >= 0.6 is 15.9 Å². The Morgan fingerprint density at radius 3 is 2.79 bits per heavy atom. The fraction of sp³-hybridized carbons (Fsp3) is 0.0909. The zero-order valence-corrected chi connectivity index (χ0v) is 8.67. The lowest BCUT2D eigenvalue weighted by molar-refractivity contribution is 1.12. The lowest BCUT2D eigenvalue weighted by Gasteiger charge is -2.00. The van der Waals surface area contributed by atoms with E-state index < -0.39 is 13.0 Å². The van der Waals surface area contributed by atoms with Gasteiger partial charge in [-0.25, -0.2) is 4.98 Å². The van der Waals surface area contributed by atoms with Crippen molar-refractivity contribution in [3.8, 4) is 11.3 Å². The van der Waals surface area contributed by atoms with E-state index >= 15 is 0 Å². The van der Waals surface area contributed by atoms with E-state index in [-0.39, 0.29) is 17.6 Å². The molecular weight excluding hydrogens is 240 g/mol. The Hall–Kier alpha value is -1.22. The second-order valence-electron chi connectivity index (χ2n) is 2.65. The van der Waals surface area contributed by atoms with Gasteiger partial charge in [-0.1, -0.05) is 28.1 Å². The Morgan fingerprint density at radius 1 is 1.29 bits per heavy atom. The molecule has 0 atom stereocenters. The van der Waals surface area contributed by atoms with E-state index in [1.54, 1.807) is 24.3 Å². The molecule has 0 fully saturated rings. The van der Waals surface area contributed by atoms with Crippen molar-refractivity contribution in [2.75, 3.05) is 0 Å². The highest BCUT2D eigenvalue weighted by Gasteiger charge is 1.98. The number of aryl methyl sites for hydroxylation is 1. The standard InChI is InChI=1S/C11H9BrN2/c1-8-6-13-7-11(14-8)9-2-4-10(12)5-3-9/h2-7H,1H3/i1D3,6D,7D. The summed E-state index contributed by atoms with van der Waals surface area (Å²) >= 11 is 3.29. The van der Waals surface area contributed by atoms with Crippen molar-refractivity contribution in [3.05, 3.63) is 46.8 Å². The SMILES string of the molecule is [2H]c1nc([2H])c(C([2H])([2H])[2H])nc1-c1ccc(Br)cc1. The van der Waals surface area contributed by atoms with Crippen LogP contribution in [0.5, 0.6) is 0 Å². The molecule has 0 amide bonds. The molecule has 0 saturated heterocycles. The first-order valence-electron chi connectivity index (χ1n) is 6.40. The molecule has 0 aliphatic heterocycles. The predicted molar refractivity (Wildman–Crippen MR) is 59.9 cm³/mol. The minimum atomic E-state index is -2.51. The van der Waals surface area contributed by atoms with E-state index in [1.165, 1.54) is 0 Å². The summed E-state index contributed by atoms with van der Waals surface area (Å²) in [4.78, 5) is 7.57. The first-order valence-corrected chi connectivity index (χ1v) is 4.70. The Bertz CT molecular complexity index is 610. The van der Waals surface area contributed by atoms with Crippen molar-refractivity contribution in [2.24, 2.45) is 0 Å². The van der Waals surface area contributed by atoms with Crippen LogP contribution in [0.4, 0.5) is 0 Å². The van der Waals surface area contributed by atoms with Gasteiger partial charge in [0, 0.05) is 20.3 Å². The third-order valence-electron chi connectivity index (χ3n) is 1.66. The minimum Gasteiger partial charge on any atom is -0.261 e. The zero-order chi connectivity index (χ0) is 14.2. The molecule has 1 aromatic carbocycles. The molecular formula is C11H9BrN2. The van der Waals surface area contributed by atoms with Gasteiger partial charge in [0.25, 0.3) is 0 Å². The van der Waals surface area contributed by atoms with Gasteiger partial charge >= 0.3 is 0 Å². The molecule has 0 aliphatic rings. The van der Waals surface area contributed by atoms with Crippen LogP contribution in [0.2, 0.25) is 0 Å². The highest BCUT2D eigenvalue weighted by atomic mass is 79.9. The molecule has 3 heteroatoms. The van der Waals surface area contributed by atoms with E-state index in [0.29, 0.717) is 5.56 Å². The van der Waals surface area contributed by atoms with Crippen LogP contribution in [0.1, 0.15) is 12.5 Å². The van der Waals surface area contributed by atoms with Crippen LogP contribution in [0.15, 0.2) is 41.1 Å². The summed E-state index contributed by atoms with van der Waals surface area (Å²) in [6, 6.07) is 6.94. The molecule has 2 rings (SSSR count). The van der Waals surface area contributed by atoms with Crippen LogP contribution in [0, 0.1) is 6.85 Å². The molecule has 0 N–H and O–H groups in total. The Kier molecular flexibility index (Phi) is 1.39. The molecule has 0 unspecified atom stereocenters. The van der Waals surface area contributed by atoms with Crippen LogP contribution < -0.4 is 0 Å². The lowest BCUT2D eigenvalue weighted by Crippen LogP contribution is -1.88. The third kappa shape index (κ3) is 1.99. The fourth-order valence-corrected chi connectivity index (χ4v) is 1.30. The molecule has 0 radical (unpaired) electrons. The molecule has 2 nitrogen and oxygen atoms in total. The van der Waals surface area contributed by atoms with Crippen LogP contribution in [0.25, 0.3) is 11.3 Å². The van der Waals surface area contributed by atoms with Crippen molar-refractivity contribution in [3.63, 3.8) is 0 Å². The average molecular weight is 254 g/mol. The Morgan fingerprint density at radius 2 is 2.07 bits per heavy atom. The monoisotopic (exact) mass is 253 g/mol. The lowest BCUT2D eigenvalue weighted by atomic mass is 10.2. The van der Waals surface area contributed by atoms with Crippen molar-refractivity contribution in [1.82, 2.24) is 9.97 Å². The number of nitrogens with zero attached hydrogens (tertiary/aromatic N) is 2. The number of rotatable bonds is 1. The summed E-state index contributed by atoms with van der Waals surface area (Å²) < 4.78 is 38.0. The van der Waals surface area contributed by atoms with Crippen molar-refractivity contribution < 1.29 is 6.85 Å². The van der Waals surface area contributed by atoms with E-state index in [2.05, 4.69) is 25.9 Å². The summed E-state index contributed by atoms with van der Waals surface area (Å²) in [5, 5.41) is 0. The summed E-state index contributed by atoms with van der Waals surface area (Å²) in [7, 11) is 0. The molecule has 70 valence electrons. The van der Waals surface area contributed by atoms with Gasteiger partial charge in [0.1, 0.15) is 0 Å². The number of benzene rings is 1. The smallest absolute Gasteiger partial charge is 0.0888 e.